The zero-order valence-corrected chi connectivity index (χ0v) is 13.6. The standard InChI is InChI=1S/C14H21N5OS/c1-5-9-6-10-12(17-14(15)18-13(10)21-9)19(4)7-11(20)16-8(2)3/h6,8H,5,7H2,1-4H3,(H,16,20)(H2,15,17,18). The van der Waals surface area contributed by atoms with Crippen molar-refractivity contribution in [3.8, 4) is 0 Å². The molecule has 0 atom stereocenters. The van der Waals surface area contributed by atoms with E-state index in [4.69, 9.17) is 5.73 Å². The molecule has 114 valence electrons. The Morgan fingerprint density at radius 2 is 2.19 bits per heavy atom. The van der Waals surface area contributed by atoms with Gasteiger partial charge >= 0.3 is 0 Å². The zero-order chi connectivity index (χ0) is 15.6. The lowest BCUT2D eigenvalue weighted by atomic mass is 10.3. The van der Waals surface area contributed by atoms with Gasteiger partial charge in [-0.2, -0.15) is 4.98 Å². The van der Waals surface area contributed by atoms with Crippen molar-refractivity contribution in [2.75, 3.05) is 24.2 Å². The molecule has 21 heavy (non-hydrogen) atoms. The fraction of sp³-hybridized carbons (Fsp3) is 0.500. The van der Waals surface area contributed by atoms with Crippen molar-refractivity contribution in [2.24, 2.45) is 0 Å². The minimum Gasteiger partial charge on any atom is -0.368 e. The molecule has 7 heteroatoms. The second-order valence-electron chi connectivity index (χ2n) is 5.27. The SMILES string of the molecule is CCc1cc2c(N(C)CC(=O)NC(C)C)nc(N)nc2s1. The fourth-order valence-electron chi connectivity index (χ4n) is 2.10. The van der Waals surface area contributed by atoms with Gasteiger partial charge < -0.3 is 16.0 Å². The molecule has 2 rings (SSSR count). The van der Waals surface area contributed by atoms with Gasteiger partial charge in [0.15, 0.2) is 0 Å². The maximum absolute atomic E-state index is 11.9. The first-order chi connectivity index (χ1) is 9.90. The first-order valence-electron chi connectivity index (χ1n) is 6.97. The highest BCUT2D eigenvalue weighted by Crippen LogP contribution is 2.31. The molecule has 2 heterocycles. The van der Waals surface area contributed by atoms with E-state index in [-0.39, 0.29) is 24.4 Å². The van der Waals surface area contributed by atoms with Gasteiger partial charge in [-0.3, -0.25) is 4.79 Å². The molecule has 0 aliphatic heterocycles. The van der Waals surface area contributed by atoms with Crippen LogP contribution in [0.15, 0.2) is 6.07 Å². The maximum Gasteiger partial charge on any atom is 0.239 e. The summed E-state index contributed by atoms with van der Waals surface area (Å²) in [6.45, 7) is 6.21. The van der Waals surface area contributed by atoms with Gasteiger partial charge in [0.05, 0.1) is 11.9 Å². The summed E-state index contributed by atoms with van der Waals surface area (Å²) in [6, 6.07) is 2.19. The molecule has 0 radical (unpaired) electrons. The molecule has 2 aromatic heterocycles. The van der Waals surface area contributed by atoms with Gasteiger partial charge in [0.2, 0.25) is 11.9 Å². The summed E-state index contributed by atoms with van der Waals surface area (Å²) >= 11 is 1.61. The average Bonchev–Trinajstić information content (AvgIpc) is 2.79. The number of carbonyl (C=O) groups is 1. The van der Waals surface area contributed by atoms with Crippen molar-refractivity contribution in [1.82, 2.24) is 15.3 Å². The summed E-state index contributed by atoms with van der Waals surface area (Å²) < 4.78 is 0. The molecular formula is C14H21N5OS. The molecular weight excluding hydrogens is 286 g/mol. The molecule has 0 fully saturated rings. The summed E-state index contributed by atoms with van der Waals surface area (Å²) in [5, 5.41) is 3.82. The summed E-state index contributed by atoms with van der Waals surface area (Å²) in [6.07, 6.45) is 0.942. The number of aromatic nitrogens is 2. The lowest BCUT2D eigenvalue weighted by Crippen LogP contribution is -2.39. The third-order valence-electron chi connectivity index (χ3n) is 2.98. The normalized spacial score (nSPS) is 11.1. The quantitative estimate of drug-likeness (QED) is 0.880. The van der Waals surface area contributed by atoms with Crippen molar-refractivity contribution in [1.29, 1.82) is 0 Å². The van der Waals surface area contributed by atoms with Crippen molar-refractivity contribution >= 4 is 39.2 Å². The van der Waals surface area contributed by atoms with E-state index in [0.717, 1.165) is 16.6 Å². The molecule has 0 spiro atoms. The van der Waals surface area contributed by atoms with E-state index < -0.39 is 0 Å². The maximum atomic E-state index is 11.9. The Bertz CT molecular complexity index is 652. The van der Waals surface area contributed by atoms with E-state index >= 15 is 0 Å². The van der Waals surface area contributed by atoms with Gasteiger partial charge in [-0.15, -0.1) is 11.3 Å². The van der Waals surface area contributed by atoms with Gasteiger partial charge in [-0.1, -0.05) is 6.92 Å². The van der Waals surface area contributed by atoms with Gasteiger partial charge in [0.1, 0.15) is 10.6 Å². The first-order valence-corrected chi connectivity index (χ1v) is 7.78. The molecule has 1 amide bonds. The number of hydrogen-bond donors (Lipinski definition) is 2. The number of carbonyl (C=O) groups excluding carboxylic acids is 1. The van der Waals surface area contributed by atoms with Crippen LogP contribution in [-0.2, 0) is 11.2 Å². The third kappa shape index (κ3) is 3.60. The van der Waals surface area contributed by atoms with Crippen LogP contribution in [0.3, 0.4) is 0 Å². The predicted octanol–water partition coefficient (Wildman–Crippen LogP) is 1.80. The largest absolute Gasteiger partial charge is 0.368 e. The Balaban J connectivity index is 2.31. The monoisotopic (exact) mass is 307 g/mol. The number of thiophene rings is 1. The molecule has 0 saturated heterocycles. The second kappa shape index (κ2) is 6.26. The molecule has 0 aliphatic rings. The van der Waals surface area contributed by atoms with Gasteiger partial charge in [0, 0.05) is 18.0 Å². The summed E-state index contributed by atoms with van der Waals surface area (Å²) in [7, 11) is 1.84. The lowest BCUT2D eigenvalue weighted by Gasteiger charge is -2.19. The molecule has 0 saturated carbocycles. The molecule has 6 nitrogen and oxygen atoms in total. The van der Waals surface area contributed by atoms with Crippen molar-refractivity contribution in [2.45, 2.75) is 33.2 Å². The van der Waals surface area contributed by atoms with E-state index in [2.05, 4.69) is 28.3 Å². The molecule has 0 bridgehead atoms. The highest BCUT2D eigenvalue weighted by molar-refractivity contribution is 7.18. The van der Waals surface area contributed by atoms with E-state index in [9.17, 15) is 4.79 Å². The number of nitrogens with zero attached hydrogens (tertiary/aromatic N) is 3. The van der Waals surface area contributed by atoms with Crippen molar-refractivity contribution in [3.63, 3.8) is 0 Å². The Labute approximate surface area is 128 Å². The predicted molar refractivity (Wildman–Crippen MR) is 87.8 cm³/mol. The van der Waals surface area contributed by atoms with Crippen LogP contribution in [0.25, 0.3) is 10.2 Å². The number of anilines is 2. The molecule has 2 aromatic rings. The van der Waals surface area contributed by atoms with Gasteiger partial charge in [-0.25, -0.2) is 4.98 Å². The number of nitrogens with two attached hydrogens (primary N) is 1. The van der Waals surface area contributed by atoms with Crippen LogP contribution in [-0.4, -0.2) is 35.5 Å². The number of rotatable bonds is 5. The van der Waals surface area contributed by atoms with Crippen LogP contribution in [0.5, 0.6) is 0 Å². The summed E-state index contributed by atoms with van der Waals surface area (Å²) in [5.74, 6) is 0.897. The zero-order valence-electron chi connectivity index (χ0n) is 12.8. The van der Waals surface area contributed by atoms with Crippen molar-refractivity contribution < 1.29 is 4.79 Å². The summed E-state index contributed by atoms with van der Waals surface area (Å²) in [5.41, 5.74) is 5.78. The number of hydrogen-bond acceptors (Lipinski definition) is 6. The smallest absolute Gasteiger partial charge is 0.239 e. The Hall–Kier alpha value is -1.89. The molecule has 3 N–H and O–H groups in total. The lowest BCUT2D eigenvalue weighted by molar-refractivity contribution is -0.120. The van der Waals surface area contributed by atoms with Gasteiger partial charge in [-0.05, 0) is 26.3 Å². The second-order valence-corrected chi connectivity index (χ2v) is 6.38. The van der Waals surface area contributed by atoms with Crippen LogP contribution in [0, 0.1) is 0 Å². The molecule has 0 unspecified atom stereocenters. The Morgan fingerprint density at radius 1 is 1.48 bits per heavy atom. The van der Waals surface area contributed by atoms with Crippen LogP contribution in [0.2, 0.25) is 0 Å². The number of amides is 1. The minimum atomic E-state index is -0.0382. The third-order valence-corrected chi connectivity index (χ3v) is 4.15. The number of nitrogens with one attached hydrogen (secondary N) is 1. The highest BCUT2D eigenvalue weighted by atomic mass is 32.1. The van der Waals surface area contributed by atoms with Gasteiger partial charge in [0.25, 0.3) is 0 Å². The average molecular weight is 307 g/mol. The van der Waals surface area contributed by atoms with Crippen LogP contribution in [0.4, 0.5) is 11.8 Å². The number of aryl methyl sites for hydroxylation is 1. The fourth-order valence-corrected chi connectivity index (χ4v) is 3.06. The Kier molecular flexibility index (Phi) is 4.62. The summed E-state index contributed by atoms with van der Waals surface area (Å²) in [4.78, 5) is 24.4. The van der Waals surface area contributed by atoms with Crippen LogP contribution >= 0.6 is 11.3 Å². The van der Waals surface area contributed by atoms with Crippen LogP contribution in [0.1, 0.15) is 25.6 Å². The topological polar surface area (TPSA) is 84.1 Å². The Morgan fingerprint density at radius 3 is 2.81 bits per heavy atom. The van der Waals surface area contributed by atoms with Crippen LogP contribution < -0.4 is 16.0 Å². The van der Waals surface area contributed by atoms with Crippen molar-refractivity contribution in [3.05, 3.63) is 10.9 Å². The van der Waals surface area contributed by atoms with E-state index in [1.807, 2.05) is 25.8 Å². The minimum absolute atomic E-state index is 0.0382. The molecule has 0 aromatic carbocycles. The van der Waals surface area contributed by atoms with E-state index in [1.165, 1.54) is 4.88 Å². The van der Waals surface area contributed by atoms with E-state index in [1.54, 1.807) is 11.3 Å². The number of likely N-dealkylation sites (N-methyl/N-ethyl adjacent to an activating group) is 1. The first kappa shape index (κ1) is 15.5. The highest BCUT2D eigenvalue weighted by Gasteiger charge is 2.16. The number of nitrogen functional groups attached to an aromatic ring is 1. The number of fused-ring (bicyclic) bond motifs is 1. The van der Waals surface area contributed by atoms with E-state index in [0.29, 0.717) is 5.82 Å². The molecule has 0 aliphatic carbocycles.